The number of hydrogen-bond donors (Lipinski definition) is 4. The van der Waals surface area contributed by atoms with E-state index < -0.39 is 30.0 Å². The predicted octanol–water partition coefficient (Wildman–Crippen LogP) is 8.52. The van der Waals surface area contributed by atoms with Gasteiger partial charge in [0.2, 0.25) is 27.2 Å². The molecule has 0 spiro atoms. The van der Waals surface area contributed by atoms with Gasteiger partial charge in [0.1, 0.15) is 15.0 Å². The van der Waals surface area contributed by atoms with Crippen molar-refractivity contribution < 1.29 is 52.3 Å². The topological polar surface area (TPSA) is 266 Å². The number of rotatable bonds is 37. The number of carbonyl (C=O) groups is 4. The molecule has 4 unspecified atom stereocenters. The first kappa shape index (κ1) is 64.1. The lowest BCUT2D eigenvalue weighted by molar-refractivity contribution is -0.785. The summed E-state index contributed by atoms with van der Waals surface area (Å²) in [5.41, 5.74) is 3.05. The van der Waals surface area contributed by atoms with E-state index in [0.29, 0.717) is 58.4 Å². The summed E-state index contributed by atoms with van der Waals surface area (Å²) in [7, 11) is 4.71. The fourth-order valence-electron chi connectivity index (χ4n) is 8.48. The van der Waals surface area contributed by atoms with Crippen molar-refractivity contribution in [3.8, 4) is 0 Å². The van der Waals surface area contributed by atoms with Crippen LogP contribution in [0, 0.1) is 0 Å². The number of nitrogens with zero attached hydrogens (tertiary/aromatic N) is 8. The molecule has 0 fully saturated rings. The average Bonchev–Trinajstić information content (AvgIpc) is 4.59. The van der Waals surface area contributed by atoms with Crippen LogP contribution in [0.15, 0.2) is 121 Å². The first-order valence-corrected chi connectivity index (χ1v) is 31.8. The molecule has 4 heterocycles. The van der Waals surface area contributed by atoms with E-state index in [0.717, 1.165) is 61.1 Å². The van der Waals surface area contributed by atoms with Gasteiger partial charge in [-0.3, -0.25) is 40.4 Å². The van der Waals surface area contributed by atoms with E-state index in [4.69, 9.17) is 33.5 Å². The van der Waals surface area contributed by atoms with Crippen molar-refractivity contribution in [1.82, 2.24) is 35.7 Å². The van der Waals surface area contributed by atoms with Crippen LogP contribution in [-0.2, 0) is 80.0 Å². The summed E-state index contributed by atoms with van der Waals surface area (Å²) in [5.74, 6) is -0.763. The number of aromatic nitrogens is 8. The smallest absolute Gasteiger partial charge is 0.279 e. The predicted molar refractivity (Wildman–Crippen MR) is 328 cm³/mol. The molecule has 8 rings (SSSR count). The number of aryl methyl sites for hydroxylation is 4. The molecule has 4 aromatic heterocycles. The summed E-state index contributed by atoms with van der Waals surface area (Å²) in [6, 6.07) is 37.4. The molecular weight excluding hydrogens is 1190 g/mol. The number of methoxy groups -OCH3 is 3. The van der Waals surface area contributed by atoms with Crippen molar-refractivity contribution in [1.29, 1.82) is 0 Å². The lowest BCUT2D eigenvalue weighted by Crippen LogP contribution is -2.41. The molecule has 4 aromatic carbocycles. The number of ether oxygens (including phenoxy) is 6. The van der Waals surface area contributed by atoms with E-state index in [2.05, 4.69) is 51.9 Å². The Morgan fingerprint density at radius 1 is 0.459 bits per heavy atom. The molecule has 8 aromatic rings. The Morgan fingerprint density at radius 3 is 1.33 bits per heavy atom. The standard InChI is InChI=1S/C58H66N12O10S5/c1-75-30-32-79-49(41-22-12-6-13-23-41)53(73)61-56-67-63-45(82-56)26-16-17-27-46-64-68-57(83-46)62-54(74)50(42-24-14-7-15-25-42)80-33-31-78-38-70-48(85-58(69-70)60-52(72)44(37-77-3)40-20-10-5-11-21-40)29-35-81-34-28-47-65-66-55(84-47)59-51(71)43(36-76-2)39-18-8-4-9-19-39/h4-15,18-25,43-44,49-50H,16-17,26-38H2,1-3H3,(H3-,59,60,61,62,66,67,68,69,71,72,73,74)/p+1. The highest BCUT2D eigenvalue weighted by molar-refractivity contribution is 7.99. The lowest BCUT2D eigenvalue weighted by atomic mass is 9.99. The Labute approximate surface area is 512 Å². The number of amides is 4. The van der Waals surface area contributed by atoms with E-state index in [-0.39, 0.29) is 57.5 Å². The minimum Gasteiger partial charge on any atom is -0.384 e. The van der Waals surface area contributed by atoms with Crippen LogP contribution in [0.2, 0.25) is 0 Å². The maximum atomic E-state index is 13.9. The zero-order chi connectivity index (χ0) is 59.4. The number of unbranched alkanes of at least 4 members (excludes halogenated alkanes) is 1. The van der Waals surface area contributed by atoms with Crippen LogP contribution in [0.1, 0.15) is 79.2 Å². The van der Waals surface area contributed by atoms with Crippen LogP contribution in [0.5, 0.6) is 0 Å². The van der Waals surface area contributed by atoms with Gasteiger partial charge in [0.25, 0.3) is 28.7 Å². The number of hydrogen-bond acceptors (Lipinski definition) is 22. The van der Waals surface area contributed by atoms with E-state index in [9.17, 15) is 19.2 Å². The Hall–Kier alpha value is -6.89. The second kappa shape index (κ2) is 34.9. The number of nitrogens with one attached hydrogen (secondary N) is 4. The summed E-state index contributed by atoms with van der Waals surface area (Å²) in [6.07, 6.45) is 2.34. The van der Waals surface area contributed by atoms with Crippen molar-refractivity contribution in [2.75, 3.05) is 93.7 Å². The molecule has 0 bridgehead atoms. The number of thioether (sulfide) groups is 1. The fourth-order valence-corrected chi connectivity index (χ4v) is 12.8. The van der Waals surface area contributed by atoms with E-state index >= 15 is 0 Å². The summed E-state index contributed by atoms with van der Waals surface area (Å²) < 4.78 is 35.8. The second-order valence-electron chi connectivity index (χ2n) is 18.8. The van der Waals surface area contributed by atoms with Gasteiger partial charge >= 0.3 is 0 Å². The summed E-state index contributed by atoms with van der Waals surface area (Å²) in [5, 5.41) is 46.8. The third kappa shape index (κ3) is 20.4. The fraction of sp³-hybridized carbons (Fsp3) is 0.379. The van der Waals surface area contributed by atoms with Gasteiger partial charge in [-0.05, 0) is 56.9 Å². The first-order valence-electron chi connectivity index (χ1n) is 27.3. The van der Waals surface area contributed by atoms with Gasteiger partial charge in [-0.15, -0.1) is 30.6 Å². The summed E-state index contributed by atoms with van der Waals surface area (Å²) >= 11 is 7.06. The lowest BCUT2D eigenvalue weighted by Gasteiger charge is -2.17. The molecule has 0 saturated heterocycles. The molecular formula is C58H67N12O10S5+. The highest BCUT2D eigenvalue weighted by Gasteiger charge is 2.28. The van der Waals surface area contributed by atoms with Gasteiger partial charge in [-0.25, -0.2) is 0 Å². The maximum Gasteiger partial charge on any atom is 0.279 e. The van der Waals surface area contributed by atoms with Crippen LogP contribution in [0.3, 0.4) is 0 Å². The zero-order valence-corrected chi connectivity index (χ0v) is 51.2. The Morgan fingerprint density at radius 2 is 0.871 bits per heavy atom. The Balaban J connectivity index is 0.806. The van der Waals surface area contributed by atoms with Crippen molar-refractivity contribution in [3.05, 3.63) is 164 Å². The highest BCUT2D eigenvalue weighted by atomic mass is 32.2. The SMILES string of the molecule is COCCOC(C(=O)Nc1nnc(CCCCc2nnc(NC(=O)C(OCCOC[n+]3nc(NC(=O)C(COC)c4ccccc4)sc3CCSCCc3nnc(NC(=O)C(COC)c4ccccc4)s3)c3ccccc3)s2)s1)c1ccccc1. The second-order valence-corrected chi connectivity index (χ2v) is 24.2. The van der Waals surface area contributed by atoms with Crippen LogP contribution in [0.4, 0.5) is 20.5 Å². The molecule has 22 nitrogen and oxygen atoms in total. The van der Waals surface area contributed by atoms with Crippen LogP contribution >= 0.6 is 57.1 Å². The Kier molecular flexibility index (Phi) is 26.3. The zero-order valence-electron chi connectivity index (χ0n) is 47.2. The van der Waals surface area contributed by atoms with Gasteiger partial charge in [0, 0.05) is 51.4 Å². The quantitative estimate of drug-likeness (QED) is 0.0210. The molecule has 448 valence electrons. The molecule has 4 atom stereocenters. The van der Waals surface area contributed by atoms with Gasteiger partial charge in [-0.1, -0.05) is 155 Å². The molecule has 0 aliphatic heterocycles. The van der Waals surface area contributed by atoms with Gasteiger partial charge in [0.05, 0.1) is 57.9 Å². The summed E-state index contributed by atoms with van der Waals surface area (Å²) in [4.78, 5) is 54.0. The van der Waals surface area contributed by atoms with E-state index in [1.807, 2.05) is 121 Å². The third-order valence-electron chi connectivity index (χ3n) is 12.7. The van der Waals surface area contributed by atoms with Crippen molar-refractivity contribution in [3.63, 3.8) is 0 Å². The molecule has 0 aliphatic rings. The molecule has 0 aliphatic carbocycles. The Bertz CT molecular complexity index is 3290. The first-order chi connectivity index (χ1) is 41.7. The molecule has 4 N–H and O–H groups in total. The van der Waals surface area contributed by atoms with E-state index in [1.54, 1.807) is 37.8 Å². The average molecular weight is 1250 g/mol. The van der Waals surface area contributed by atoms with Crippen LogP contribution < -0.4 is 25.9 Å². The van der Waals surface area contributed by atoms with Crippen LogP contribution in [0.25, 0.3) is 0 Å². The molecule has 0 saturated carbocycles. The maximum absolute atomic E-state index is 13.9. The van der Waals surface area contributed by atoms with Crippen LogP contribution in [-0.4, -0.2) is 132 Å². The number of benzene rings is 4. The number of anilines is 4. The van der Waals surface area contributed by atoms with E-state index in [1.165, 1.54) is 45.3 Å². The largest absolute Gasteiger partial charge is 0.384 e. The minimum atomic E-state index is -0.976. The molecule has 4 amide bonds. The number of carbonyl (C=O) groups excluding carboxylic acids is 4. The van der Waals surface area contributed by atoms with Crippen molar-refractivity contribution in [2.24, 2.45) is 0 Å². The normalized spacial score (nSPS) is 12.7. The summed E-state index contributed by atoms with van der Waals surface area (Å²) in [6.45, 7) is 1.28. The molecule has 85 heavy (non-hydrogen) atoms. The van der Waals surface area contributed by atoms with Crippen molar-refractivity contribution >= 4 is 101 Å². The highest BCUT2D eigenvalue weighted by Crippen LogP contribution is 2.28. The van der Waals surface area contributed by atoms with Gasteiger partial charge < -0.3 is 28.4 Å². The van der Waals surface area contributed by atoms with Gasteiger partial charge in [0.15, 0.2) is 12.2 Å². The molecule has 27 heteroatoms. The third-order valence-corrected chi connectivity index (χ3v) is 17.4. The monoisotopic (exact) mass is 1250 g/mol. The minimum absolute atomic E-state index is 0.0574. The molecule has 0 radical (unpaired) electrons. The van der Waals surface area contributed by atoms with Gasteiger partial charge in [-0.2, -0.15) is 11.8 Å². The van der Waals surface area contributed by atoms with Crippen molar-refractivity contribution in [2.45, 2.75) is 69.3 Å².